The lowest BCUT2D eigenvalue weighted by Crippen LogP contribution is -2.47. The Morgan fingerprint density at radius 2 is 1.70 bits per heavy atom. The molecule has 0 saturated heterocycles. The van der Waals surface area contributed by atoms with E-state index in [0.29, 0.717) is 6.54 Å². The standard InChI is InChI=1S/C16H25N3O4/c1-2-3-4-5-6-7-10-17-16(23)19-18-15(22)13-9-8-12(20)11-14(13)21/h8-9,11,20-21H,2-7,10H2,1H3,(H,18,22)(H2,17,19,23). The summed E-state index contributed by atoms with van der Waals surface area (Å²) in [4.78, 5) is 23.3. The molecule has 0 aliphatic heterocycles. The quantitative estimate of drug-likeness (QED) is 0.374. The number of hydrazine groups is 1. The average Bonchev–Trinajstić information content (AvgIpc) is 2.51. The van der Waals surface area contributed by atoms with Gasteiger partial charge in [0.15, 0.2) is 0 Å². The summed E-state index contributed by atoms with van der Waals surface area (Å²) in [7, 11) is 0. The van der Waals surface area contributed by atoms with Gasteiger partial charge in [-0.2, -0.15) is 0 Å². The van der Waals surface area contributed by atoms with E-state index in [-0.39, 0.29) is 17.1 Å². The predicted molar refractivity (Wildman–Crippen MR) is 87.1 cm³/mol. The number of carbonyl (C=O) groups excluding carboxylic acids is 2. The Bertz CT molecular complexity index is 520. The number of rotatable bonds is 8. The van der Waals surface area contributed by atoms with Crippen molar-refractivity contribution in [2.24, 2.45) is 0 Å². The van der Waals surface area contributed by atoms with Crippen LogP contribution in [-0.4, -0.2) is 28.7 Å². The Hall–Kier alpha value is -2.44. The van der Waals surface area contributed by atoms with E-state index in [4.69, 9.17) is 5.11 Å². The molecular formula is C16H25N3O4. The van der Waals surface area contributed by atoms with E-state index in [0.717, 1.165) is 25.3 Å². The van der Waals surface area contributed by atoms with Crippen molar-refractivity contribution >= 4 is 11.9 Å². The number of aromatic hydroxyl groups is 2. The lowest BCUT2D eigenvalue weighted by Gasteiger charge is -2.10. The van der Waals surface area contributed by atoms with E-state index >= 15 is 0 Å². The average molecular weight is 323 g/mol. The third kappa shape index (κ3) is 7.39. The molecule has 1 aromatic carbocycles. The molecule has 1 rings (SSSR count). The van der Waals surface area contributed by atoms with Crippen LogP contribution in [0.3, 0.4) is 0 Å². The predicted octanol–water partition coefficient (Wildman–Crippen LogP) is 2.40. The number of amides is 3. The number of urea groups is 1. The molecular weight excluding hydrogens is 298 g/mol. The van der Waals surface area contributed by atoms with Crippen molar-refractivity contribution < 1.29 is 19.8 Å². The number of nitrogens with one attached hydrogen (secondary N) is 3. The smallest absolute Gasteiger partial charge is 0.333 e. The molecule has 0 saturated carbocycles. The summed E-state index contributed by atoms with van der Waals surface area (Å²) in [6.07, 6.45) is 6.78. The normalized spacial score (nSPS) is 10.1. The van der Waals surface area contributed by atoms with Crippen molar-refractivity contribution in [3.8, 4) is 11.5 Å². The van der Waals surface area contributed by atoms with Crippen LogP contribution in [0.15, 0.2) is 18.2 Å². The zero-order valence-corrected chi connectivity index (χ0v) is 13.4. The molecule has 0 aliphatic rings. The van der Waals surface area contributed by atoms with Gasteiger partial charge in [-0.15, -0.1) is 0 Å². The molecule has 0 aromatic heterocycles. The molecule has 0 atom stereocenters. The zero-order chi connectivity index (χ0) is 17.1. The SMILES string of the molecule is CCCCCCCCNC(=O)NNC(=O)c1ccc(O)cc1O. The highest BCUT2D eigenvalue weighted by atomic mass is 16.3. The van der Waals surface area contributed by atoms with Crippen molar-refractivity contribution in [3.63, 3.8) is 0 Å². The van der Waals surface area contributed by atoms with Crippen LogP contribution in [0.2, 0.25) is 0 Å². The summed E-state index contributed by atoms with van der Waals surface area (Å²) in [5.41, 5.74) is 4.35. The third-order valence-electron chi connectivity index (χ3n) is 3.33. The monoisotopic (exact) mass is 323 g/mol. The van der Waals surface area contributed by atoms with Crippen molar-refractivity contribution in [1.82, 2.24) is 16.2 Å². The summed E-state index contributed by atoms with van der Waals surface area (Å²) in [6.45, 7) is 2.70. The molecule has 0 bridgehead atoms. The molecule has 0 fully saturated rings. The van der Waals surface area contributed by atoms with Gasteiger partial charge in [-0.05, 0) is 18.6 Å². The molecule has 0 heterocycles. The Kier molecular flexibility index (Phi) is 8.34. The fourth-order valence-electron chi connectivity index (χ4n) is 2.04. The Morgan fingerprint density at radius 3 is 2.39 bits per heavy atom. The molecule has 0 unspecified atom stereocenters. The van der Waals surface area contributed by atoms with E-state index in [9.17, 15) is 14.7 Å². The highest BCUT2D eigenvalue weighted by Gasteiger charge is 2.12. The van der Waals surface area contributed by atoms with Crippen molar-refractivity contribution in [1.29, 1.82) is 0 Å². The van der Waals surface area contributed by atoms with Crippen molar-refractivity contribution in [2.75, 3.05) is 6.54 Å². The number of hydrogen-bond donors (Lipinski definition) is 5. The lowest BCUT2D eigenvalue weighted by atomic mass is 10.1. The highest BCUT2D eigenvalue weighted by Crippen LogP contribution is 2.21. The first-order valence-corrected chi connectivity index (χ1v) is 7.90. The van der Waals surface area contributed by atoms with Crippen LogP contribution in [0.1, 0.15) is 55.8 Å². The first-order chi connectivity index (χ1) is 11.0. The molecule has 1 aromatic rings. The van der Waals surface area contributed by atoms with Gasteiger partial charge in [0.1, 0.15) is 11.5 Å². The molecule has 7 nitrogen and oxygen atoms in total. The zero-order valence-electron chi connectivity index (χ0n) is 13.4. The van der Waals surface area contributed by atoms with Crippen LogP contribution in [0.25, 0.3) is 0 Å². The van der Waals surface area contributed by atoms with Gasteiger partial charge in [-0.25, -0.2) is 10.2 Å². The summed E-state index contributed by atoms with van der Waals surface area (Å²) < 4.78 is 0. The van der Waals surface area contributed by atoms with Gasteiger partial charge >= 0.3 is 6.03 Å². The number of phenolic OH excluding ortho intramolecular Hbond substituents is 2. The summed E-state index contributed by atoms with van der Waals surface area (Å²) in [6, 6.07) is 3.07. The Balaban J connectivity index is 2.19. The van der Waals surface area contributed by atoms with Crippen LogP contribution in [0.4, 0.5) is 4.79 Å². The van der Waals surface area contributed by atoms with E-state index in [2.05, 4.69) is 23.1 Å². The number of benzene rings is 1. The van der Waals surface area contributed by atoms with Crippen molar-refractivity contribution in [2.45, 2.75) is 45.4 Å². The Morgan fingerprint density at radius 1 is 1.00 bits per heavy atom. The van der Waals surface area contributed by atoms with Gasteiger partial charge in [0.25, 0.3) is 5.91 Å². The summed E-state index contributed by atoms with van der Waals surface area (Å²) >= 11 is 0. The number of unbranched alkanes of at least 4 members (excludes halogenated alkanes) is 5. The summed E-state index contributed by atoms with van der Waals surface area (Å²) in [5.74, 6) is -1.18. The Labute approximate surface area is 136 Å². The molecule has 3 amide bonds. The second kappa shape index (κ2) is 10.3. The highest BCUT2D eigenvalue weighted by molar-refractivity contribution is 5.97. The van der Waals surface area contributed by atoms with Gasteiger partial charge in [0, 0.05) is 12.6 Å². The maximum Gasteiger partial charge on any atom is 0.333 e. The van der Waals surface area contributed by atoms with Crippen molar-refractivity contribution in [3.05, 3.63) is 23.8 Å². The largest absolute Gasteiger partial charge is 0.508 e. The molecule has 0 radical (unpaired) electrons. The minimum atomic E-state index is -0.669. The topological polar surface area (TPSA) is 111 Å². The molecule has 7 heteroatoms. The van der Waals surface area contributed by atoms with Crippen LogP contribution in [0.5, 0.6) is 11.5 Å². The van der Waals surface area contributed by atoms with Crippen LogP contribution in [0, 0.1) is 0 Å². The molecule has 23 heavy (non-hydrogen) atoms. The van der Waals surface area contributed by atoms with E-state index in [1.54, 1.807) is 0 Å². The lowest BCUT2D eigenvalue weighted by molar-refractivity contribution is 0.0933. The molecule has 0 spiro atoms. The maximum absolute atomic E-state index is 11.8. The molecule has 128 valence electrons. The van der Waals surface area contributed by atoms with Crippen LogP contribution in [-0.2, 0) is 0 Å². The fourth-order valence-corrected chi connectivity index (χ4v) is 2.04. The molecule has 5 N–H and O–H groups in total. The maximum atomic E-state index is 11.8. The third-order valence-corrected chi connectivity index (χ3v) is 3.33. The minimum absolute atomic E-state index is 0.0426. The fraction of sp³-hybridized carbons (Fsp3) is 0.500. The van der Waals surface area contributed by atoms with Gasteiger partial charge in [0.05, 0.1) is 5.56 Å². The van der Waals surface area contributed by atoms with E-state index in [1.165, 1.54) is 31.4 Å². The van der Waals surface area contributed by atoms with Gasteiger partial charge in [0.2, 0.25) is 0 Å². The second-order valence-corrected chi connectivity index (χ2v) is 5.30. The molecule has 0 aliphatic carbocycles. The first-order valence-electron chi connectivity index (χ1n) is 7.90. The van der Waals surface area contributed by atoms with E-state index < -0.39 is 11.9 Å². The van der Waals surface area contributed by atoms with E-state index in [1.807, 2.05) is 0 Å². The van der Waals surface area contributed by atoms with Gasteiger partial charge in [-0.1, -0.05) is 39.0 Å². The van der Waals surface area contributed by atoms with Crippen LogP contribution >= 0.6 is 0 Å². The summed E-state index contributed by atoms with van der Waals surface area (Å²) in [5, 5.41) is 21.3. The minimum Gasteiger partial charge on any atom is -0.508 e. The first kappa shape index (κ1) is 18.6. The second-order valence-electron chi connectivity index (χ2n) is 5.30. The van der Waals surface area contributed by atoms with Gasteiger partial charge < -0.3 is 15.5 Å². The van der Waals surface area contributed by atoms with Gasteiger partial charge in [-0.3, -0.25) is 10.2 Å². The number of phenols is 2. The van der Waals surface area contributed by atoms with Crippen LogP contribution < -0.4 is 16.2 Å². The number of carbonyl (C=O) groups is 2. The number of hydrogen-bond acceptors (Lipinski definition) is 4.